The maximum atomic E-state index is 11.4. The first-order valence-electron chi connectivity index (χ1n) is 8.93. The van der Waals surface area contributed by atoms with Crippen LogP contribution >= 0.6 is 11.3 Å². The third kappa shape index (κ3) is 4.77. The minimum absolute atomic E-state index is 0.00530. The van der Waals surface area contributed by atoms with Crippen molar-refractivity contribution in [3.05, 3.63) is 59.2 Å². The number of nitrogens with one attached hydrogen (secondary N) is 1. The van der Waals surface area contributed by atoms with Crippen molar-refractivity contribution < 1.29 is 24.6 Å². The van der Waals surface area contributed by atoms with Crippen LogP contribution < -0.4 is 11.1 Å². The predicted molar refractivity (Wildman–Crippen MR) is 118 cm³/mol. The monoisotopic (exact) mass is 449 g/mol. The number of nitrogens with zero attached hydrogens (tertiary/aromatic N) is 3. The van der Waals surface area contributed by atoms with E-state index < -0.39 is 11.9 Å². The summed E-state index contributed by atoms with van der Waals surface area (Å²) in [7, 11) is 0. The van der Waals surface area contributed by atoms with Crippen molar-refractivity contribution in [2.75, 3.05) is 11.1 Å². The van der Waals surface area contributed by atoms with Gasteiger partial charge in [0, 0.05) is 18.2 Å². The number of anilines is 2. The number of carboxylic acid groups (broad SMARTS) is 2. The molecule has 10 nitrogen and oxygen atoms in total. The fourth-order valence-corrected chi connectivity index (χ4v) is 3.72. The summed E-state index contributed by atoms with van der Waals surface area (Å²) in [5.74, 6) is -2.89. The topological polar surface area (TPSA) is 178 Å². The summed E-state index contributed by atoms with van der Waals surface area (Å²) in [6.45, 7) is 1.37. The molecule has 0 aliphatic carbocycles. The number of hydrogen-bond acceptors (Lipinski definition) is 8. The molecule has 1 aromatic heterocycles. The van der Waals surface area contributed by atoms with Gasteiger partial charge in [-0.05, 0) is 35.9 Å². The molecule has 1 heterocycles. The van der Waals surface area contributed by atoms with E-state index in [9.17, 15) is 29.9 Å². The Bertz CT molecular complexity index is 1290. The number of carbonyl (C=O) groups excluding carboxylic acids is 1. The number of nitrogens with two attached hydrogens (primary N) is 1. The van der Waals surface area contributed by atoms with Crippen LogP contribution in [0.3, 0.4) is 0 Å². The van der Waals surface area contributed by atoms with Crippen molar-refractivity contribution >= 4 is 50.6 Å². The molecule has 0 bridgehead atoms. The highest BCUT2D eigenvalue weighted by Crippen LogP contribution is 2.45. The lowest BCUT2D eigenvalue weighted by Crippen LogP contribution is -2.05. The van der Waals surface area contributed by atoms with Crippen LogP contribution in [-0.2, 0) is 4.79 Å². The van der Waals surface area contributed by atoms with Gasteiger partial charge < -0.3 is 21.3 Å². The molecule has 1 amide bonds. The summed E-state index contributed by atoms with van der Waals surface area (Å²) < 4.78 is 0. The first-order valence-corrected chi connectivity index (χ1v) is 9.75. The molecule has 160 valence electrons. The zero-order valence-corrected chi connectivity index (χ0v) is 17.3. The number of nitrogen functional groups attached to an aromatic ring is 1. The van der Waals surface area contributed by atoms with Crippen molar-refractivity contribution in [2.24, 2.45) is 10.2 Å². The van der Waals surface area contributed by atoms with Crippen LogP contribution in [0.4, 0.5) is 21.4 Å². The number of carboxylic acids is 2. The lowest BCUT2D eigenvalue weighted by Gasteiger charge is -2.06. The predicted octanol–water partition coefficient (Wildman–Crippen LogP) is 4.64. The second-order valence-electron chi connectivity index (χ2n) is 6.47. The van der Waals surface area contributed by atoms with Crippen LogP contribution in [0, 0.1) is 11.3 Å². The molecular weight excluding hydrogens is 434 g/mol. The molecule has 0 aliphatic rings. The molecule has 0 unspecified atom stereocenters. The highest BCUT2D eigenvalue weighted by atomic mass is 32.1. The van der Waals surface area contributed by atoms with Gasteiger partial charge in [0.05, 0.1) is 22.4 Å². The van der Waals surface area contributed by atoms with E-state index in [4.69, 9.17) is 5.73 Å². The molecular formula is C21H15N5O5S. The van der Waals surface area contributed by atoms with Crippen LogP contribution in [0.2, 0.25) is 0 Å². The number of thiophene rings is 1. The van der Waals surface area contributed by atoms with E-state index in [1.807, 2.05) is 6.07 Å². The Balaban J connectivity index is 2.11. The Hall–Kier alpha value is -4.56. The standard InChI is InChI=1S/C21H15N5O5S/c1-10(27)24-14-4-2-3-11(6-14)17-16(9-22)18(23)32-19(17)26-25-15-7-12(20(28)29)5-13(8-15)21(30)31/h2-8H,23H2,1H3,(H,24,27)(H,28,29)(H,30,31). The van der Waals surface area contributed by atoms with Crippen molar-refractivity contribution in [1.29, 1.82) is 5.26 Å². The molecule has 3 aromatic rings. The molecule has 11 heteroatoms. The molecule has 0 saturated carbocycles. The Morgan fingerprint density at radius 3 is 2.28 bits per heavy atom. The number of amides is 1. The number of azo groups is 1. The first kappa shape index (κ1) is 22.1. The number of carbonyl (C=O) groups is 3. The summed E-state index contributed by atoms with van der Waals surface area (Å²) in [5.41, 5.74) is 7.09. The van der Waals surface area contributed by atoms with Crippen LogP contribution in [0.25, 0.3) is 11.1 Å². The van der Waals surface area contributed by atoms with E-state index in [1.165, 1.54) is 19.1 Å². The summed E-state index contributed by atoms with van der Waals surface area (Å²) >= 11 is 0.995. The van der Waals surface area contributed by atoms with E-state index in [0.717, 1.165) is 17.4 Å². The second kappa shape index (κ2) is 9.07. The van der Waals surface area contributed by atoms with Gasteiger partial charge in [-0.2, -0.15) is 5.26 Å². The smallest absolute Gasteiger partial charge is 0.335 e. The number of rotatable bonds is 6. The van der Waals surface area contributed by atoms with Crippen LogP contribution in [-0.4, -0.2) is 28.1 Å². The zero-order valence-electron chi connectivity index (χ0n) is 16.5. The van der Waals surface area contributed by atoms with E-state index in [0.29, 0.717) is 16.8 Å². The fourth-order valence-electron chi connectivity index (χ4n) is 2.86. The number of nitriles is 1. The van der Waals surface area contributed by atoms with Crippen molar-refractivity contribution in [3.63, 3.8) is 0 Å². The molecule has 0 saturated heterocycles. The summed E-state index contributed by atoms with van der Waals surface area (Å²) in [6, 6.07) is 12.1. The first-order chi connectivity index (χ1) is 15.2. The number of benzene rings is 2. The average Bonchev–Trinajstić information content (AvgIpc) is 3.06. The van der Waals surface area contributed by atoms with Crippen molar-refractivity contribution in [1.82, 2.24) is 0 Å². The van der Waals surface area contributed by atoms with Crippen LogP contribution in [0.5, 0.6) is 0 Å². The highest BCUT2D eigenvalue weighted by molar-refractivity contribution is 7.20. The van der Waals surface area contributed by atoms with Gasteiger partial charge in [0.1, 0.15) is 16.1 Å². The Morgan fingerprint density at radius 1 is 1.06 bits per heavy atom. The van der Waals surface area contributed by atoms with Gasteiger partial charge in [0.2, 0.25) is 5.91 Å². The fraction of sp³-hybridized carbons (Fsp3) is 0.0476. The minimum Gasteiger partial charge on any atom is -0.478 e. The minimum atomic E-state index is -1.31. The van der Waals surface area contributed by atoms with Gasteiger partial charge in [-0.3, -0.25) is 4.79 Å². The van der Waals surface area contributed by atoms with Crippen molar-refractivity contribution in [3.8, 4) is 17.2 Å². The number of hydrogen-bond donors (Lipinski definition) is 4. The van der Waals surface area contributed by atoms with E-state index in [1.54, 1.807) is 24.3 Å². The molecule has 2 aromatic carbocycles. The zero-order chi connectivity index (χ0) is 23.4. The lowest BCUT2D eigenvalue weighted by atomic mass is 10.0. The quantitative estimate of drug-likeness (QED) is 0.396. The van der Waals surface area contributed by atoms with Crippen LogP contribution in [0.1, 0.15) is 33.2 Å². The number of aromatic carboxylic acids is 2. The van der Waals surface area contributed by atoms with Gasteiger partial charge >= 0.3 is 11.9 Å². The maximum absolute atomic E-state index is 11.4. The lowest BCUT2D eigenvalue weighted by molar-refractivity contribution is -0.114. The summed E-state index contributed by atoms with van der Waals surface area (Å²) in [6.07, 6.45) is 0. The Kier molecular flexibility index (Phi) is 6.27. The molecule has 0 atom stereocenters. The van der Waals surface area contributed by atoms with Gasteiger partial charge in [0.15, 0.2) is 0 Å². The third-order valence-corrected chi connectivity index (χ3v) is 5.07. The van der Waals surface area contributed by atoms with Crippen molar-refractivity contribution in [2.45, 2.75) is 6.92 Å². The van der Waals surface area contributed by atoms with Gasteiger partial charge in [0.25, 0.3) is 0 Å². The van der Waals surface area contributed by atoms with Gasteiger partial charge in [-0.1, -0.05) is 23.5 Å². The van der Waals surface area contributed by atoms with E-state index in [-0.39, 0.29) is 38.3 Å². The van der Waals surface area contributed by atoms with Gasteiger partial charge in [-0.15, -0.1) is 10.2 Å². The highest BCUT2D eigenvalue weighted by Gasteiger charge is 2.19. The molecule has 0 spiro atoms. The average molecular weight is 449 g/mol. The normalized spacial score (nSPS) is 10.6. The molecule has 0 aliphatic heterocycles. The summed E-state index contributed by atoms with van der Waals surface area (Å²) in [4.78, 5) is 33.9. The Morgan fingerprint density at radius 2 is 1.72 bits per heavy atom. The molecule has 0 radical (unpaired) electrons. The largest absolute Gasteiger partial charge is 0.478 e. The van der Waals surface area contributed by atoms with E-state index in [2.05, 4.69) is 15.5 Å². The SMILES string of the molecule is CC(=O)Nc1cccc(-c2c(N=Nc3cc(C(=O)O)cc(C(=O)O)c3)sc(N)c2C#N)c1. The molecule has 32 heavy (non-hydrogen) atoms. The van der Waals surface area contributed by atoms with E-state index >= 15 is 0 Å². The molecule has 3 rings (SSSR count). The molecule has 0 fully saturated rings. The molecule has 5 N–H and O–H groups in total. The summed E-state index contributed by atoms with van der Waals surface area (Å²) in [5, 5.41) is 39.2. The second-order valence-corrected chi connectivity index (χ2v) is 7.50. The van der Waals surface area contributed by atoms with Crippen LogP contribution in [0.15, 0.2) is 52.7 Å². The Labute approximate surface area is 185 Å². The maximum Gasteiger partial charge on any atom is 0.335 e. The van der Waals surface area contributed by atoms with Gasteiger partial charge in [-0.25, -0.2) is 9.59 Å². The third-order valence-electron chi connectivity index (χ3n) is 4.17.